The number of hydrogen-bond donors (Lipinski definition) is 2. The topological polar surface area (TPSA) is 155 Å². The Morgan fingerprint density at radius 3 is 2.71 bits per heavy atom. The highest BCUT2D eigenvalue weighted by Crippen LogP contribution is 2.38. The van der Waals surface area contributed by atoms with Crippen molar-refractivity contribution in [2.75, 3.05) is 20.8 Å². The lowest BCUT2D eigenvalue weighted by molar-refractivity contribution is -0.385. The normalized spacial score (nSPS) is 20.6. The summed E-state index contributed by atoms with van der Waals surface area (Å²) in [6.07, 6.45) is -0.858. The first-order valence-corrected chi connectivity index (χ1v) is 9.37. The molecule has 3 atom stereocenters. The third-order valence-corrected chi connectivity index (χ3v) is 4.93. The number of aromatic nitrogens is 2. The number of aliphatic hydroxyl groups excluding tert-OH is 1. The first-order chi connectivity index (χ1) is 14.7. The van der Waals surface area contributed by atoms with Gasteiger partial charge in [-0.15, -0.1) is 0 Å². The Balaban J connectivity index is 1.67. The predicted molar refractivity (Wildman–Crippen MR) is 106 cm³/mol. The van der Waals surface area contributed by atoms with Crippen molar-refractivity contribution >= 4 is 5.69 Å². The second-order valence-electron chi connectivity index (χ2n) is 7.03. The number of aliphatic hydroxyl groups is 1. The van der Waals surface area contributed by atoms with Gasteiger partial charge < -0.3 is 24.1 Å². The number of nitrogens with one attached hydrogen (secondary N) is 1. The number of methoxy groups -OCH3 is 2. The van der Waals surface area contributed by atoms with E-state index in [4.69, 9.17) is 18.9 Å². The number of nitro benzene ring substituents is 1. The SMILES string of the molecule is COc1cc(COC[C@H]2O[C@@H](n3cc(C)c(=O)[nH]c3=O)C[C@@H]2O)cc([N+](=O)[O-])c1OC. The molecular weight excluding hydrogens is 414 g/mol. The van der Waals surface area contributed by atoms with E-state index in [1.807, 2.05) is 0 Å². The van der Waals surface area contributed by atoms with E-state index in [2.05, 4.69) is 4.98 Å². The molecule has 3 rings (SSSR count). The van der Waals surface area contributed by atoms with Crippen molar-refractivity contribution < 1.29 is 29.0 Å². The van der Waals surface area contributed by atoms with Crippen LogP contribution in [0.2, 0.25) is 0 Å². The molecule has 2 aromatic rings. The Bertz CT molecular complexity index is 1080. The van der Waals surface area contributed by atoms with Crippen molar-refractivity contribution in [2.24, 2.45) is 0 Å². The van der Waals surface area contributed by atoms with Crippen molar-refractivity contribution in [3.05, 3.63) is 60.4 Å². The minimum atomic E-state index is -0.899. The van der Waals surface area contributed by atoms with Gasteiger partial charge in [0.15, 0.2) is 5.75 Å². The zero-order chi connectivity index (χ0) is 22.7. The van der Waals surface area contributed by atoms with E-state index in [9.17, 15) is 24.8 Å². The molecule has 2 N–H and O–H groups in total. The van der Waals surface area contributed by atoms with Gasteiger partial charge in [0.1, 0.15) is 12.3 Å². The number of benzene rings is 1. The zero-order valence-electron chi connectivity index (χ0n) is 17.2. The molecule has 1 aromatic carbocycles. The molecule has 1 aromatic heterocycles. The van der Waals surface area contributed by atoms with Gasteiger partial charge in [-0.1, -0.05) is 0 Å². The standard InChI is InChI=1S/C19H23N3O9/c1-10-7-21(19(25)20-18(10)24)16-6-13(23)15(31-16)9-30-8-11-4-12(22(26)27)17(29-3)14(5-11)28-2/h4-5,7,13,15-16,23H,6,8-9H2,1-3H3,(H,20,24,25)/t13-,15+,16+/m0/s1. The highest BCUT2D eigenvalue weighted by molar-refractivity contribution is 5.58. The molecule has 168 valence electrons. The van der Waals surface area contributed by atoms with E-state index in [0.29, 0.717) is 11.1 Å². The molecule has 1 saturated heterocycles. The average Bonchev–Trinajstić information content (AvgIpc) is 3.10. The number of hydrogen-bond acceptors (Lipinski definition) is 9. The monoisotopic (exact) mass is 437 g/mol. The number of aromatic amines is 1. The van der Waals surface area contributed by atoms with Crippen LogP contribution in [0.15, 0.2) is 27.9 Å². The Kier molecular flexibility index (Phi) is 6.73. The summed E-state index contributed by atoms with van der Waals surface area (Å²) in [5.41, 5.74) is -0.561. The van der Waals surface area contributed by atoms with Crippen molar-refractivity contribution in [1.29, 1.82) is 0 Å². The zero-order valence-corrected chi connectivity index (χ0v) is 17.2. The fourth-order valence-electron chi connectivity index (χ4n) is 3.35. The van der Waals surface area contributed by atoms with Gasteiger partial charge >= 0.3 is 11.4 Å². The van der Waals surface area contributed by atoms with Crippen molar-refractivity contribution in [1.82, 2.24) is 9.55 Å². The second kappa shape index (κ2) is 9.29. The quantitative estimate of drug-likeness (QED) is 0.447. The van der Waals surface area contributed by atoms with Crippen LogP contribution in [-0.2, 0) is 16.1 Å². The van der Waals surface area contributed by atoms with Gasteiger partial charge in [-0.3, -0.25) is 24.5 Å². The summed E-state index contributed by atoms with van der Waals surface area (Å²) in [5.74, 6) is 0.204. The molecule has 0 amide bonds. The largest absolute Gasteiger partial charge is 0.493 e. The summed E-state index contributed by atoms with van der Waals surface area (Å²) in [5, 5.41) is 21.6. The summed E-state index contributed by atoms with van der Waals surface area (Å²) in [4.78, 5) is 36.5. The van der Waals surface area contributed by atoms with Gasteiger partial charge in [0.2, 0.25) is 5.75 Å². The van der Waals surface area contributed by atoms with Crippen LogP contribution in [0.1, 0.15) is 23.8 Å². The van der Waals surface area contributed by atoms with Crippen molar-refractivity contribution in [2.45, 2.75) is 38.4 Å². The fraction of sp³-hybridized carbons (Fsp3) is 0.474. The highest BCUT2D eigenvalue weighted by Gasteiger charge is 2.35. The van der Waals surface area contributed by atoms with Crippen molar-refractivity contribution in [3.8, 4) is 11.5 Å². The van der Waals surface area contributed by atoms with Crippen LogP contribution in [0.3, 0.4) is 0 Å². The summed E-state index contributed by atoms with van der Waals surface area (Å²) < 4.78 is 22.7. The Hall–Kier alpha value is -3.22. The molecule has 0 aliphatic carbocycles. The molecule has 12 heteroatoms. The summed E-state index contributed by atoms with van der Waals surface area (Å²) in [6, 6.07) is 2.88. The number of nitrogens with zero attached hydrogens (tertiary/aromatic N) is 2. The van der Waals surface area contributed by atoms with Crippen LogP contribution in [0.4, 0.5) is 5.69 Å². The summed E-state index contributed by atoms with van der Waals surface area (Å²) >= 11 is 0. The van der Waals surface area contributed by atoms with Gasteiger partial charge in [-0.05, 0) is 18.6 Å². The maximum absolute atomic E-state index is 12.0. The molecule has 12 nitrogen and oxygen atoms in total. The van der Waals surface area contributed by atoms with Gasteiger partial charge in [0.25, 0.3) is 5.56 Å². The molecule has 31 heavy (non-hydrogen) atoms. The molecule has 1 aliphatic heterocycles. The van der Waals surface area contributed by atoms with E-state index in [-0.39, 0.29) is 36.8 Å². The smallest absolute Gasteiger partial charge is 0.330 e. The Morgan fingerprint density at radius 2 is 2.06 bits per heavy atom. The molecule has 2 heterocycles. The lowest BCUT2D eigenvalue weighted by atomic mass is 10.1. The van der Waals surface area contributed by atoms with Crippen LogP contribution in [-0.4, -0.2) is 52.6 Å². The highest BCUT2D eigenvalue weighted by atomic mass is 16.6. The van der Waals surface area contributed by atoms with Gasteiger partial charge in [-0.2, -0.15) is 0 Å². The van der Waals surface area contributed by atoms with E-state index >= 15 is 0 Å². The molecule has 1 aliphatic rings. The fourth-order valence-corrected chi connectivity index (χ4v) is 3.35. The van der Waals surface area contributed by atoms with E-state index in [1.165, 1.54) is 31.0 Å². The Labute approximate surface area is 176 Å². The lowest BCUT2D eigenvalue weighted by Crippen LogP contribution is -2.33. The minimum Gasteiger partial charge on any atom is -0.493 e. The van der Waals surface area contributed by atoms with Crippen molar-refractivity contribution in [3.63, 3.8) is 0 Å². The van der Waals surface area contributed by atoms with Gasteiger partial charge in [0, 0.05) is 24.2 Å². The van der Waals surface area contributed by atoms with E-state index < -0.39 is 34.6 Å². The van der Waals surface area contributed by atoms with Crippen LogP contribution in [0.25, 0.3) is 0 Å². The first kappa shape index (κ1) is 22.5. The first-order valence-electron chi connectivity index (χ1n) is 9.37. The number of rotatable bonds is 8. The third kappa shape index (κ3) is 4.76. The predicted octanol–water partition coefficient (Wildman–Crippen LogP) is 0.636. The number of nitro groups is 1. The molecule has 0 radical (unpaired) electrons. The summed E-state index contributed by atoms with van der Waals surface area (Å²) in [6.45, 7) is 1.54. The third-order valence-electron chi connectivity index (χ3n) is 4.93. The van der Waals surface area contributed by atoms with E-state index in [1.54, 1.807) is 13.0 Å². The molecule has 0 unspecified atom stereocenters. The van der Waals surface area contributed by atoms with Gasteiger partial charge in [0.05, 0.1) is 38.5 Å². The number of H-pyrrole nitrogens is 1. The number of ether oxygens (including phenoxy) is 4. The molecular formula is C19H23N3O9. The van der Waals surface area contributed by atoms with Gasteiger partial charge in [-0.25, -0.2) is 4.79 Å². The maximum Gasteiger partial charge on any atom is 0.330 e. The molecule has 1 fully saturated rings. The average molecular weight is 437 g/mol. The maximum atomic E-state index is 12.0. The van der Waals surface area contributed by atoms with Crippen LogP contribution in [0, 0.1) is 17.0 Å². The van der Waals surface area contributed by atoms with E-state index in [0.717, 1.165) is 0 Å². The minimum absolute atomic E-state index is 0.00382. The number of aryl methyl sites for hydroxylation is 1. The Morgan fingerprint density at radius 1 is 1.32 bits per heavy atom. The molecule has 0 bridgehead atoms. The van der Waals surface area contributed by atoms with Crippen LogP contribution < -0.4 is 20.7 Å². The molecule has 0 saturated carbocycles. The molecule has 0 spiro atoms. The summed E-state index contributed by atoms with van der Waals surface area (Å²) in [7, 11) is 2.68. The second-order valence-corrected chi connectivity index (χ2v) is 7.03. The lowest BCUT2D eigenvalue weighted by Gasteiger charge is -2.17. The van der Waals surface area contributed by atoms with Crippen LogP contribution >= 0.6 is 0 Å². The van der Waals surface area contributed by atoms with Crippen LogP contribution in [0.5, 0.6) is 11.5 Å².